The topological polar surface area (TPSA) is 86.7 Å². The third kappa shape index (κ3) is 4.07. The fraction of sp³-hybridized carbons (Fsp3) is 0.889. The van der Waals surface area contributed by atoms with Gasteiger partial charge in [-0.3, -0.25) is 4.79 Å². The van der Waals surface area contributed by atoms with Gasteiger partial charge >= 0.3 is 5.97 Å². The second-order valence-corrected chi connectivity index (χ2v) is 6.02. The van der Waals surface area contributed by atoms with E-state index in [1.165, 1.54) is 7.05 Å². The summed E-state index contributed by atoms with van der Waals surface area (Å²) in [7, 11) is -2.16. The predicted molar refractivity (Wildman–Crippen MR) is 59.1 cm³/mol. The molecule has 1 rings (SSSR count). The first kappa shape index (κ1) is 13.4. The minimum absolute atomic E-state index is 0.0119. The molecule has 0 saturated heterocycles. The maximum absolute atomic E-state index is 11.7. The first-order valence-corrected chi connectivity index (χ1v) is 6.72. The van der Waals surface area contributed by atoms with Gasteiger partial charge in [-0.1, -0.05) is 0 Å². The van der Waals surface area contributed by atoms with Crippen molar-refractivity contribution in [3.05, 3.63) is 0 Å². The van der Waals surface area contributed by atoms with Crippen molar-refractivity contribution in [2.75, 3.05) is 13.6 Å². The summed E-state index contributed by atoms with van der Waals surface area (Å²) < 4.78 is 27.0. The molecule has 1 unspecified atom stereocenters. The van der Waals surface area contributed by atoms with Crippen molar-refractivity contribution in [3.63, 3.8) is 0 Å². The Balaban J connectivity index is 2.44. The fourth-order valence-corrected chi connectivity index (χ4v) is 2.56. The first-order valence-electron chi connectivity index (χ1n) is 5.28. The lowest BCUT2D eigenvalue weighted by molar-refractivity contribution is -0.137. The number of nitrogens with zero attached hydrogens (tertiary/aromatic N) is 1. The first-order chi connectivity index (χ1) is 7.33. The quantitative estimate of drug-likeness (QED) is 0.667. The molecule has 0 radical (unpaired) electrons. The van der Waals surface area contributed by atoms with Crippen LogP contribution in [-0.4, -0.2) is 43.4 Å². The maximum Gasteiger partial charge on any atom is 0.304 e. The number of hydrogen-bond acceptors (Lipinski definition) is 3. The molecular formula is C9H18N2O4S. The lowest BCUT2D eigenvalue weighted by atomic mass is 10.2. The summed E-state index contributed by atoms with van der Waals surface area (Å²) in [5.74, 6) is -0.569. The maximum atomic E-state index is 11.7. The molecule has 0 aliphatic heterocycles. The lowest BCUT2D eigenvalue weighted by Gasteiger charge is -2.20. The Hall–Kier alpha value is -0.660. The molecule has 0 aromatic heterocycles. The van der Waals surface area contributed by atoms with Crippen LogP contribution in [0.25, 0.3) is 0 Å². The van der Waals surface area contributed by atoms with Gasteiger partial charge in [0.25, 0.3) is 10.2 Å². The van der Waals surface area contributed by atoms with Crippen LogP contribution in [0.1, 0.15) is 26.2 Å². The van der Waals surface area contributed by atoms with Gasteiger partial charge in [-0.15, -0.1) is 0 Å². The van der Waals surface area contributed by atoms with E-state index in [9.17, 15) is 13.2 Å². The van der Waals surface area contributed by atoms with Crippen LogP contribution in [0, 0.1) is 5.92 Å². The predicted octanol–water partition coefficient (Wildman–Crippen LogP) is 0.0258. The van der Waals surface area contributed by atoms with E-state index >= 15 is 0 Å². The zero-order valence-electron chi connectivity index (χ0n) is 9.51. The summed E-state index contributed by atoms with van der Waals surface area (Å²) in [4.78, 5) is 10.3. The van der Waals surface area contributed by atoms with E-state index in [2.05, 4.69) is 4.72 Å². The Morgan fingerprint density at radius 1 is 1.56 bits per heavy atom. The third-order valence-electron chi connectivity index (χ3n) is 2.71. The van der Waals surface area contributed by atoms with Crippen LogP contribution in [0.4, 0.5) is 0 Å². The van der Waals surface area contributed by atoms with Crippen LogP contribution in [-0.2, 0) is 15.0 Å². The molecule has 94 valence electrons. The number of rotatable bonds is 7. The molecule has 7 heteroatoms. The van der Waals surface area contributed by atoms with Crippen molar-refractivity contribution < 1.29 is 18.3 Å². The molecule has 0 spiro atoms. The number of aliphatic carboxylic acids is 1. The third-order valence-corrected chi connectivity index (χ3v) is 4.39. The molecule has 1 atom stereocenters. The van der Waals surface area contributed by atoms with E-state index < -0.39 is 16.2 Å². The molecule has 16 heavy (non-hydrogen) atoms. The van der Waals surface area contributed by atoms with E-state index in [4.69, 9.17) is 5.11 Å². The second-order valence-electron chi connectivity index (χ2n) is 4.21. The summed E-state index contributed by atoms with van der Waals surface area (Å²) in [6, 6.07) is -0.0720. The van der Waals surface area contributed by atoms with Gasteiger partial charge in [0.1, 0.15) is 0 Å². The smallest absolute Gasteiger partial charge is 0.304 e. The van der Waals surface area contributed by atoms with Crippen LogP contribution in [0.5, 0.6) is 0 Å². The van der Waals surface area contributed by atoms with Gasteiger partial charge in [0.05, 0.1) is 6.42 Å². The molecule has 1 aliphatic carbocycles. The van der Waals surface area contributed by atoms with Gasteiger partial charge in [-0.05, 0) is 25.7 Å². The Bertz CT molecular complexity index is 351. The molecule has 0 aromatic carbocycles. The van der Waals surface area contributed by atoms with Gasteiger partial charge in [-0.25, -0.2) is 0 Å². The van der Waals surface area contributed by atoms with E-state index in [0.717, 1.165) is 17.1 Å². The Kier molecular flexibility index (Phi) is 4.28. The highest BCUT2D eigenvalue weighted by Gasteiger charge is 2.31. The van der Waals surface area contributed by atoms with Gasteiger partial charge < -0.3 is 5.11 Å². The Morgan fingerprint density at radius 3 is 2.56 bits per heavy atom. The van der Waals surface area contributed by atoms with Crippen LogP contribution >= 0.6 is 0 Å². The van der Waals surface area contributed by atoms with E-state index in [1.54, 1.807) is 0 Å². The lowest BCUT2D eigenvalue weighted by Crippen LogP contribution is -2.44. The highest BCUT2D eigenvalue weighted by Crippen LogP contribution is 2.32. The standard InChI is InChI=1S/C9H18N2O4S/c1-7(8-3-4-8)10-16(14,15)11(2)6-5-9(12)13/h7-8,10H,3-6H2,1-2H3,(H,12,13). The minimum Gasteiger partial charge on any atom is -0.481 e. The second kappa shape index (κ2) is 5.11. The molecular weight excluding hydrogens is 232 g/mol. The molecule has 0 aromatic rings. The molecule has 0 amide bonds. The Morgan fingerprint density at radius 2 is 2.12 bits per heavy atom. The summed E-state index contributed by atoms with van der Waals surface area (Å²) in [5.41, 5.74) is 0. The summed E-state index contributed by atoms with van der Waals surface area (Å²) in [5, 5.41) is 8.47. The van der Waals surface area contributed by atoms with Crippen molar-refractivity contribution in [2.24, 2.45) is 5.92 Å². The average molecular weight is 250 g/mol. The molecule has 6 nitrogen and oxygen atoms in total. The van der Waals surface area contributed by atoms with E-state index in [0.29, 0.717) is 5.92 Å². The van der Waals surface area contributed by atoms with Crippen LogP contribution in [0.15, 0.2) is 0 Å². The number of carboxylic acids is 1. The molecule has 1 saturated carbocycles. The summed E-state index contributed by atoms with van der Waals surface area (Å²) in [6.45, 7) is 1.82. The van der Waals surface area contributed by atoms with Crippen molar-refractivity contribution in [2.45, 2.75) is 32.2 Å². The van der Waals surface area contributed by atoms with Crippen molar-refractivity contribution in [1.82, 2.24) is 9.03 Å². The van der Waals surface area contributed by atoms with Gasteiger partial charge in [0.15, 0.2) is 0 Å². The number of nitrogens with one attached hydrogen (secondary N) is 1. The highest BCUT2D eigenvalue weighted by molar-refractivity contribution is 7.87. The zero-order chi connectivity index (χ0) is 12.3. The van der Waals surface area contributed by atoms with Crippen molar-refractivity contribution in [3.8, 4) is 0 Å². The van der Waals surface area contributed by atoms with Crippen molar-refractivity contribution in [1.29, 1.82) is 0 Å². The minimum atomic E-state index is -3.54. The van der Waals surface area contributed by atoms with E-state index in [1.807, 2.05) is 6.92 Å². The van der Waals surface area contributed by atoms with Gasteiger partial charge in [-0.2, -0.15) is 17.4 Å². The fourth-order valence-electron chi connectivity index (χ4n) is 1.39. The normalized spacial score (nSPS) is 18.7. The van der Waals surface area contributed by atoms with Gasteiger partial charge in [0, 0.05) is 19.6 Å². The Labute approximate surface area is 95.8 Å². The van der Waals surface area contributed by atoms with Crippen LogP contribution < -0.4 is 4.72 Å². The SMILES string of the molecule is CC(NS(=O)(=O)N(C)CCC(=O)O)C1CC1. The van der Waals surface area contributed by atoms with Crippen molar-refractivity contribution >= 4 is 16.2 Å². The summed E-state index contributed by atoms with van der Waals surface area (Å²) >= 11 is 0. The molecule has 0 bridgehead atoms. The number of carbonyl (C=O) groups is 1. The summed E-state index contributed by atoms with van der Waals surface area (Å²) in [6.07, 6.45) is 1.93. The molecule has 2 N–H and O–H groups in total. The number of hydrogen-bond donors (Lipinski definition) is 2. The highest BCUT2D eigenvalue weighted by atomic mass is 32.2. The zero-order valence-corrected chi connectivity index (χ0v) is 10.3. The largest absolute Gasteiger partial charge is 0.481 e. The monoisotopic (exact) mass is 250 g/mol. The van der Waals surface area contributed by atoms with E-state index in [-0.39, 0.29) is 19.0 Å². The van der Waals surface area contributed by atoms with Crippen LogP contribution in [0.2, 0.25) is 0 Å². The average Bonchev–Trinajstić information content (AvgIpc) is 2.95. The van der Waals surface area contributed by atoms with Crippen LogP contribution in [0.3, 0.4) is 0 Å². The molecule has 1 fully saturated rings. The van der Waals surface area contributed by atoms with Gasteiger partial charge in [0.2, 0.25) is 0 Å². The molecule has 0 heterocycles. The number of carboxylic acid groups (broad SMARTS) is 1. The molecule has 1 aliphatic rings.